The maximum Gasteiger partial charge on any atom is 0.243 e. The van der Waals surface area contributed by atoms with Crippen molar-refractivity contribution in [2.45, 2.75) is 18.4 Å². The number of benzene rings is 1. The van der Waals surface area contributed by atoms with Crippen LogP contribution in [0.3, 0.4) is 0 Å². The van der Waals surface area contributed by atoms with E-state index in [1.165, 1.54) is 10.9 Å². The number of rotatable bonds is 5. The Balaban J connectivity index is 1.75. The maximum atomic E-state index is 12.8. The fraction of sp³-hybridized carbons (Fsp3) is 0.500. The highest BCUT2D eigenvalue weighted by atomic mass is 16.5. The topological polar surface area (TPSA) is 66.6 Å². The van der Waals surface area contributed by atoms with Gasteiger partial charge >= 0.3 is 0 Å². The monoisotopic (exact) mass is 329 g/mol. The summed E-state index contributed by atoms with van der Waals surface area (Å²) in [7, 11) is 3.32. The minimum atomic E-state index is -0.242. The van der Waals surface area contributed by atoms with E-state index in [1.807, 2.05) is 12.1 Å². The Morgan fingerprint density at radius 3 is 3.08 bits per heavy atom. The molecule has 2 bridgehead atoms. The van der Waals surface area contributed by atoms with Crippen LogP contribution in [0.25, 0.3) is 10.9 Å². The standard InChI is InChI=1S/C18H23N3O3/c1-23-8-6-19-18(22)17-16-15(11-5-7-21(17)10-11)13-9-12(24-2)3-4-14(13)20-16/h3-4,9,11,17,20H,5-8,10H2,1-2H3,(H,19,22). The molecule has 1 saturated heterocycles. The van der Waals surface area contributed by atoms with Crippen LogP contribution in [-0.4, -0.2) is 56.3 Å². The molecule has 1 aromatic carbocycles. The molecule has 3 heterocycles. The number of aromatic nitrogens is 1. The Hall–Kier alpha value is -2.05. The van der Waals surface area contributed by atoms with Crippen LogP contribution < -0.4 is 10.1 Å². The number of hydrogen-bond acceptors (Lipinski definition) is 4. The average molecular weight is 329 g/mol. The molecular formula is C18H23N3O3. The van der Waals surface area contributed by atoms with E-state index in [0.29, 0.717) is 19.1 Å². The van der Waals surface area contributed by atoms with Crippen molar-refractivity contribution in [3.63, 3.8) is 0 Å². The molecule has 24 heavy (non-hydrogen) atoms. The molecule has 128 valence electrons. The van der Waals surface area contributed by atoms with Crippen molar-refractivity contribution in [1.29, 1.82) is 0 Å². The lowest BCUT2D eigenvalue weighted by molar-refractivity contribution is -0.126. The van der Waals surface area contributed by atoms with Gasteiger partial charge in [0.2, 0.25) is 5.91 Å². The molecule has 2 aliphatic rings. The summed E-state index contributed by atoms with van der Waals surface area (Å²) in [4.78, 5) is 18.6. The van der Waals surface area contributed by atoms with Gasteiger partial charge in [0.15, 0.2) is 0 Å². The Morgan fingerprint density at radius 2 is 2.29 bits per heavy atom. The Morgan fingerprint density at radius 1 is 1.42 bits per heavy atom. The number of nitrogens with zero attached hydrogens (tertiary/aromatic N) is 1. The third kappa shape index (κ3) is 2.37. The summed E-state index contributed by atoms with van der Waals surface area (Å²) >= 11 is 0. The molecule has 3 unspecified atom stereocenters. The smallest absolute Gasteiger partial charge is 0.243 e. The SMILES string of the molecule is COCCNC(=O)C1c2[nH]c3ccc(OC)cc3c2C2CCN1C2. The van der Waals surface area contributed by atoms with Gasteiger partial charge in [-0.15, -0.1) is 0 Å². The first kappa shape index (κ1) is 15.5. The van der Waals surface area contributed by atoms with Crippen LogP contribution in [0.5, 0.6) is 5.75 Å². The second-order valence-corrected chi connectivity index (χ2v) is 6.53. The maximum absolute atomic E-state index is 12.8. The Kier molecular flexibility index (Phi) is 3.94. The highest BCUT2D eigenvalue weighted by Gasteiger charge is 2.43. The quantitative estimate of drug-likeness (QED) is 0.821. The summed E-state index contributed by atoms with van der Waals surface area (Å²) in [6, 6.07) is 5.83. The lowest BCUT2D eigenvalue weighted by Gasteiger charge is -2.31. The molecule has 1 amide bonds. The summed E-state index contributed by atoms with van der Waals surface area (Å²) in [6.45, 7) is 2.96. The van der Waals surface area contributed by atoms with Crippen molar-refractivity contribution in [3.05, 3.63) is 29.5 Å². The first-order valence-corrected chi connectivity index (χ1v) is 8.43. The van der Waals surface area contributed by atoms with Crippen LogP contribution in [0.15, 0.2) is 18.2 Å². The summed E-state index contributed by atoms with van der Waals surface area (Å²) in [5, 5.41) is 4.18. The minimum absolute atomic E-state index is 0.0483. The molecule has 1 aromatic heterocycles. The van der Waals surface area contributed by atoms with E-state index in [2.05, 4.69) is 21.3 Å². The highest BCUT2D eigenvalue weighted by molar-refractivity contribution is 5.91. The predicted molar refractivity (Wildman–Crippen MR) is 91.4 cm³/mol. The molecular weight excluding hydrogens is 306 g/mol. The molecule has 6 nitrogen and oxygen atoms in total. The van der Waals surface area contributed by atoms with Crippen molar-refractivity contribution >= 4 is 16.8 Å². The Labute approximate surface area is 141 Å². The number of amides is 1. The van der Waals surface area contributed by atoms with E-state index < -0.39 is 0 Å². The van der Waals surface area contributed by atoms with Gasteiger partial charge in [-0.2, -0.15) is 0 Å². The van der Waals surface area contributed by atoms with Crippen molar-refractivity contribution in [2.75, 3.05) is 40.5 Å². The molecule has 4 rings (SSSR count). The van der Waals surface area contributed by atoms with Crippen molar-refractivity contribution in [2.24, 2.45) is 0 Å². The van der Waals surface area contributed by atoms with E-state index in [0.717, 1.165) is 36.5 Å². The first-order valence-electron chi connectivity index (χ1n) is 8.43. The second kappa shape index (κ2) is 6.11. The number of nitrogens with one attached hydrogen (secondary N) is 2. The lowest BCUT2D eigenvalue weighted by atomic mass is 9.90. The number of ether oxygens (including phenoxy) is 2. The number of methoxy groups -OCH3 is 2. The third-order valence-electron chi connectivity index (χ3n) is 5.20. The Bertz CT molecular complexity index is 770. The summed E-state index contributed by atoms with van der Waals surface area (Å²) < 4.78 is 10.4. The molecule has 0 aliphatic carbocycles. The van der Waals surface area contributed by atoms with Gasteiger partial charge in [-0.3, -0.25) is 9.69 Å². The normalized spacial score (nSPS) is 24.8. The summed E-state index contributed by atoms with van der Waals surface area (Å²) in [6.07, 6.45) is 1.10. The first-order chi connectivity index (χ1) is 11.7. The number of carbonyl (C=O) groups is 1. The summed E-state index contributed by atoms with van der Waals surface area (Å²) in [5.41, 5.74) is 3.41. The largest absolute Gasteiger partial charge is 0.497 e. The van der Waals surface area contributed by atoms with Gasteiger partial charge in [0.1, 0.15) is 11.8 Å². The van der Waals surface area contributed by atoms with Crippen molar-refractivity contribution < 1.29 is 14.3 Å². The van der Waals surface area contributed by atoms with E-state index >= 15 is 0 Å². The van der Waals surface area contributed by atoms with Crippen LogP contribution >= 0.6 is 0 Å². The lowest BCUT2D eigenvalue weighted by Crippen LogP contribution is -2.42. The van der Waals surface area contributed by atoms with E-state index in [-0.39, 0.29) is 11.9 Å². The number of carbonyl (C=O) groups excluding carboxylic acids is 1. The van der Waals surface area contributed by atoms with Crippen LogP contribution in [0.2, 0.25) is 0 Å². The molecule has 3 atom stereocenters. The van der Waals surface area contributed by atoms with Crippen molar-refractivity contribution in [1.82, 2.24) is 15.2 Å². The average Bonchev–Trinajstić information content (AvgIpc) is 3.17. The molecule has 0 radical (unpaired) electrons. The molecule has 2 aromatic rings. The van der Waals surface area contributed by atoms with Gasteiger partial charge in [0, 0.05) is 42.7 Å². The van der Waals surface area contributed by atoms with E-state index in [4.69, 9.17) is 9.47 Å². The molecule has 1 fully saturated rings. The molecule has 2 aliphatic heterocycles. The zero-order valence-corrected chi connectivity index (χ0v) is 14.1. The van der Waals surface area contributed by atoms with Gasteiger partial charge in [-0.1, -0.05) is 0 Å². The van der Waals surface area contributed by atoms with E-state index in [9.17, 15) is 4.79 Å². The number of aromatic amines is 1. The zero-order chi connectivity index (χ0) is 16.7. The molecule has 2 N–H and O–H groups in total. The highest BCUT2D eigenvalue weighted by Crippen LogP contribution is 2.46. The number of fused-ring (bicyclic) bond motifs is 6. The molecule has 0 spiro atoms. The van der Waals surface area contributed by atoms with Crippen LogP contribution in [0, 0.1) is 0 Å². The minimum Gasteiger partial charge on any atom is -0.497 e. The number of hydrogen-bond donors (Lipinski definition) is 2. The van der Waals surface area contributed by atoms with Gasteiger partial charge in [0.05, 0.1) is 13.7 Å². The van der Waals surface area contributed by atoms with Crippen LogP contribution in [0.1, 0.15) is 29.6 Å². The van der Waals surface area contributed by atoms with Gasteiger partial charge in [0.25, 0.3) is 0 Å². The summed E-state index contributed by atoms with van der Waals surface area (Å²) in [5.74, 6) is 1.39. The second-order valence-electron chi connectivity index (χ2n) is 6.53. The van der Waals surface area contributed by atoms with Crippen LogP contribution in [-0.2, 0) is 9.53 Å². The molecule has 6 heteroatoms. The fourth-order valence-electron chi connectivity index (χ4n) is 4.11. The van der Waals surface area contributed by atoms with Crippen LogP contribution in [0.4, 0.5) is 0 Å². The van der Waals surface area contributed by atoms with Gasteiger partial charge in [-0.25, -0.2) is 0 Å². The van der Waals surface area contributed by atoms with Gasteiger partial charge < -0.3 is 19.8 Å². The van der Waals surface area contributed by atoms with Crippen molar-refractivity contribution in [3.8, 4) is 5.75 Å². The predicted octanol–water partition coefficient (Wildman–Crippen LogP) is 1.78. The third-order valence-corrected chi connectivity index (χ3v) is 5.20. The number of H-pyrrole nitrogens is 1. The fourth-order valence-corrected chi connectivity index (χ4v) is 4.11. The molecule has 0 saturated carbocycles. The van der Waals surface area contributed by atoms with Gasteiger partial charge in [-0.05, 0) is 36.7 Å². The zero-order valence-electron chi connectivity index (χ0n) is 14.1. The van der Waals surface area contributed by atoms with E-state index in [1.54, 1.807) is 14.2 Å².